The van der Waals surface area contributed by atoms with E-state index < -0.39 is 0 Å². The number of hydrogen-bond acceptors (Lipinski definition) is 5. The zero-order valence-corrected chi connectivity index (χ0v) is 10.9. The Balaban J connectivity index is 2.28. The third kappa shape index (κ3) is 5.25. The van der Waals surface area contributed by atoms with Crippen LogP contribution in [0.2, 0.25) is 0 Å². The van der Waals surface area contributed by atoms with E-state index in [4.69, 9.17) is 0 Å². The van der Waals surface area contributed by atoms with Crippen molar-refractivity contribution in [2.24, 2.45) is 5.92 Å². The molecule has 2 N–H and O–H groups in total. The van der Waals surface area contributed by atoms with E-state index >= 15 is 0 Å². The van der Waals surface area contributed by atoms with Gasteiger partial charge in [0.15, 0.2) is 0 Å². The molecule has 0 bridgehead atoms. The molecule has 0 spiro atoms. The molecule has 1 unspecified atom stereocenters. The second-order valence-corrected chi connectivity index (χ2v) is 5.35. The first kappa shape index (κ1) is 14.1. The molecule has 1 aromatic heterocycles. The molecule has 0 amide bonds. The Morgan fingerprint density at radius 1 is 1.59 bits per heavy atom. The van der Waals surface area contributed by atoms with Crippen molar-refractivity contribution in [3.05, 3.63) is 27.1 Å². The second kappa shape index (κ2) is 6.68. The van der Waals surface area contributed by atoms with Crippen molar-refractivity contribution in [2.45, 2.75) is 32.9 Å². The molecule has 0 saturated carbocycles. The Kier molecular flexibility index (Phi) is 5.54. The van der Waals surface area contributed by atoms with Gasteiger partial charge in [-0.05, 0) is 17.9 Å². The monoisotopic (exact) mass is 258 g/mol. The molecule has 0 radical (unpaired) electrons. The maximum Gasteiger partial charge on any atom is 0.324 e. The summed E-state index contributed by atoms with van der Waals surface area (Å²) >= 11 is 1.13. The van der Waals surface area contributed by atoms with Crippen LogP contribution in [0.15, 0.2) is 11.4 Å². The molecule has 17 heavy (non-hydrogen) atoms. The van der Waals surface area contributed by atoms with Gasteiger partial charge in [-0.15, -0.1) is 0 Å². The highest BCUT2D eigenvalue weighted by Crippen LogP contribution is 2.22. The zero-order valence-electron chi connectivity index (χ0n) is 10.0. The number of aliphatic hydroxyl groups excluding tert-OH is 1. The molecule has 1 aromatic rings. The van der Waals surface area contributed by atoms with Gasteiger partial charge in [0.05, 0.1) is 11.0 Å². The predicted molar refractivity (Wildman–Crippen MR) is 68.1 cm³/mol. The van der Waals surface area contributed by atoms with Crippen molar-refractivity contribution in [1.82, 2.24) is 5.32 Å². The topological polar surface area (TPSA) is 75.4 Å². The van der Waals surface area contributed by atoms with Gasteiger partial charge in [0, 0.05) is 24.5 Å². The highest BCUT2D eigenvalue weighted by molar-refractivity contribution is 7.13. The number of nitrogens with zero attached hydrogens (tertiary/aromatic N) is 1. The lowest BCUT2D eigenvalue weighted by Crippen LogP contribution is -2.27. The summed E-state index contributed by atoms with van der Waals surface area (Å²) in [5, 5.41) is 25.1. The Morgan fingerprint density at radius 3 is 2.82 bits per heavy atom. The van der Waals surface area contributed by atoms with Crippen LogP contribution in [-0.2, 0) is 6.54 Å². The quantitative estimate of drug-likeness (QED) is 0.580. The molecule has 1 rings (SSSR count). The highest BCUT2D eigenvalue weighted by Gasteiger charge is 2.10. The summed E-state index contributed by atoms with van der Waals surface area (Å²) in [4.78, 5) is 10.1. The predicted octanol–water partition coefficient (Wildman–Crippen LogP) is 2.15. The normalized spacial score (nSPS) is 12.9. The van der Waals surface area contributed by atoms with Gasteiger partial charge in [-0.1, -0.05) is 25.2 Å². The summed E-state index contributed by atoms with van der Waals surface area (Å²) in [5.74, 6) is 0.467. The number of hydrogen-bond donors (Lipinski definition) is 2. The molecule has 0 aromatic carbocycles. The summed E-state index contributed by atoms with van der Waals surface area (Å²) in [6.45, 7) is 5.19. The Morgan fingerprint density at radius 2 is 2.29 bits per heavy atom. The molecule has 0 saturated heterocycles. The average molecular weight is 258 g/mol. The van der Waals surface area contributed by atoms with Gasteiger partial charge in [0.25, 0.3) is 0 Å². The highest BCUT2D eigenvalue weighted by atomic mass is 32.1. The first-order chi connectivity index (χ1) is 7.99. The van der Waals surface area contributed by atoms with Gasteiger partial charge in [-0.2, -0.15) is 0 Å². The van der Waals surface area contributed by atoms with E-state index in [0.717, 1.165) is 23.3 Å². The zero-order chi connectivity index (χ0) is 12.8. The van der Waals surface area contributed by atoms with Crippen LogP contribution in [0.5, 0.6) is 0 Å². The third-order valence-corrected chi connectivity index (χ3v) is 3.20. The molecule has 5 nitrogen and oxygen atoms in total. The molecule has 6 heteroatoms. The fraction of sp³-hybridized carbons (Fsp3) is 0.636. The smallest absolute Gasteiger partial charge is 0.324 e. The van der Waals surface area contributed by atoms with Crippen LogP contribution in [0.25, 0.3) is 0 Å². The van der Waals surface area contributed by atoms with Crippen molar-refractivity contribution in [3.63, 3.8) is 0 Å². The van der Waals surface area contributed by atoms with Crippen LogP contribution < -0.4 is 5.32 Å². The van der Waals surface area contributed by atoms with Gasteiger partial charge in [-0.3, -0.25) is 10.1 Å². The van der Waals surface area contributed by atoms with E-state index in [9.17, 15) is 15.2 Å². The Labute approximate surface area is 105 Å². The minimum absolute atomic E-state index is 0.157. The van der Waals surface area contributed by atoms with Crippen molar-refractivity contribution in [2.75, 3.05) is 6.54 Å². The second-order valence-electron chi connectivity index (χ2n) is 4.46. The summed E-state index contributed by atoms with van der Waals surface area (Å²) in [5.41, 5.74) is 0.887. The lowest BCUT2D eigenvalue weighted by molar-refractivity contribution is -0.380. The molecule has 0 aliphatic rings. The Hall–Kier alpha value is -0.980. The van der Waals surface area contributed by atoms with E-state index in [1.54, 1.807) is 11.4 Å². The number of thiophene rings is 1. The molecular formula is C11H18N2O3S. The first-order valence-electron chi connectivity index (χ1n) is 5.59. The maximum absolute atomic E-state index is 10.5. The van der Waals surface area contributed by atoms with Gasteiger partial charge in [0.2, 0.25) is 0 Å². The SMILES string of the molecule is CC(C)CC(O)CNCc1csc([N+](=O)[O-])c1. The van der Waals surface area contributed by atoms with Crippen molar-refractivity contribution < 1.29 is 10.0 Å². The summed E-state index contributed by atoms with van der Waals surface area (Å²) < 4.78 is 0. The largest absolute Gasteiger partial charge is 0.392 e. The molecule has 0 aliphatic carbocycles. The van der Waals surface area contributed by atoms with E-state index in [1.165, 1.54) is 0 Å². The van der Waals surface area contributed by atoms with Crippen molar-refractivity contribution in [3.8, 4) is 0 Å². The minimum atomic E-state index is -0.387. The van der Waals surface area contributed by atoms with E-state index in [-0.39, 0.29) is 16.0 Å². The standard InChI is InChI=1S/C11H18N2O3S/c1-8(2)3-10(14)6-12-5-9-4-11(13(15)16)17-7-9/h4,7-8,10,12,14H,3,5-6H2,1-2H3. The fourth-order valence-electron chi connectivity index (χ4n) is 1.56. The molecule has 0 fully saturated rings. The van der Waals surface area contributed by atoms with Gasteiger partial charge in [0.1, 0.15) is 0 Å². The summed E-state index contributed by atoms with van der Waals surface area (Å²) in [6, 6.07) is 1.56. The van der Waals surface area contributed by atoms with Gasteiger partial charge in [-0.25, -0.2) is 0 Å². The molecule has 0 aliphatic heterocycles. The lowest BCUT2D eigenvalue weighted by atomic mass is 10.1. The van der Waals surface area contributed by atoms with Gasteiger partial charge >= 0.3 is 5.00 Å². The third-order valence-electron chi connectivity index (χ3n) is 2.27. The van der Waals surface area contributed by atoms with E-state index in [0.29, 0.717) is 19.0 Å². The molecular weight excluding hydrogens is 240 g/mol. The van der Waals surface area contributed by atoms with E-state index in [1.807, 2.05) is 0 Å². The fourth-order valence-corrected chi connectivity index (χ4v) is 2.29. The van der Waals surface area contributed by atoms with Gasteiger partial charge < -0.3 is 10.4 Å². The number of aliphatic hydroxyl groups is 1. The number of nitro groups is 1. The van der Waals surface area contributed by atoms with Crippen LogP contribution in [0.4, 0.5) is 5.00 Å². The van der Waals surface area contributed by atoms with Crippen LogP contribution >= 0.6 is 11.3 Å². The molecule has 1 heterocycles. The van der Waals surface area contributed by atoms with Crippen LogP contribution in [0.1, 0.15) is 25.8 Å². The van der Waals surface area contributed by atoms with Crippen molar-refractivity contribution >= 4 is 16.3 Å². The minimum Gasteiger partial charge on any atom is -0.392 e. The van der Waals surface area contributed by atoms with Crippen LogP contribution in [-0.4, -0.2) is 22.7 Å². The van der Waals surface area contributed by atoms with E-state index in [2.05, 4.69) is 19.2 Å². The maximum atomic E-state index is 10.5. The molecule has 96 valence electrons. The lowest BCUT2D eigenvalue weighted by Gasteiger charge is -2.13. The summed E-state index contributed by atoms with van der Waals surface area (Å²) in [7, 11) is 0. The molecule has 1 atom stereocenters. The summed E-state index contributed by atoms with van der Waals surface area (Å²) in [6.07, 6.45) is 0.403. The Bertz CT molecular complexity index is 365. The van der Waals surface area contributed by atoms with Crippen molar-refractivity contribution in [1.29, 1.82) is 0 Å². The average Bonchev–Trinajstić information content (AvgIpc) is 2.65. The van der Waals surface area contributed by atoms with Crippen LogP contribution in [0.3, 0.4) is 0 Å². The first-order valence-corrected chi connectivity index (χ1v) is 6.47. The number of rotatable bonds is 7. The number of nitrogens with one attached hydrogen (secondary N) is 1. The van der Waals surface area contributed by atoms with Crippen LogP contribution in [0, 0.1) is 16.0 Å².